The fraction of sp³-hybridized carbons (Fsp3) is 0.385. The van der Waals surface area contributed by atoms with Crippen molar-refractivity contribution in [3.05, 3.63) is 82.6 Å². The van der Waals surface area contributed by atoms with E-state index in [9.17, 15) is 4.79 Å². The zero-order valence-electron chi connectivity index (χ0n) is 19.5. The van der Waals surface area contributed by atoms with Gasteiger partial charge in [-0.2, -0.15) is 5.10 Å². The highest BCUT2D eigenvalue weighted by atomic mass is 35.5. The van der Waals surface area contributed by atoms with Gasteiger partial charge in [0.1, 0.15) is 12.4 Å². The van der Waals surface area contributed by atoms with Gasteiger partial charge in [-0.3, -0.25) is 14.4 Å². The standard InChI is InChI=1S/C26H31ClN4O3/c1-30(23-9-12-33-13-10-23)11-14-34-24-7-4-5-20(15-24)16-28-26(32)22-17-29-31(19-22)18-21-6-2-3-8-25(21)27/h2-8,15,17,19,23H,9-14,16,18H2,1H3,(H,28,32). The van der Waals surface area contributed by atoms with Crippen molar-refractivity contribution < 1.29 is 14.3 Å². The summed E-state index contributed by atoms with van der Waals surface area (Å²) in [6.45, 7) is 4.08. The molecular weight excluding hydrogens is 452 g/mol. The van der Waals surface area contributed by atoms with Gasteiger partial charge in [0.15, 0.2) is 0 Å². The fourth-order valence-electron chi connectivity index (χ4n) is 4.01. The maximum absolute atomic E-state index is 12.6. The number of aromatic nitrogens is 2. The number of amides is 1. The van der Waals surface area contributed by atoms with Gasteiger partial charge < -0.3 is 14.8 Å². The van der Waals surface area contributed by atoms with Gasteiger partial charge in [0.25, 0.3) is 5.91 Å². The van der Waals surface area contributed by atoms with Crippen LogP contribution in [0.15, 0.2) is 60.9 Å². The largest absolute Gasteiger partial charge is 0.492 e. The molecule has 0 aliphatic carbocycles. The molecule has 7 nitrogen and oxygen atoms in total. The van der Waals surface area contributed by atoms with E-state index in [1.165, 1.54) is 0 Å². The average Bonchev–Trinajstić information content (AvgIpc) is 3.33. The quantitative estimate of drug-likeness (QED) is 0.473. The van der Waals surface area contributed by atoms with Gasteiger partial charge in [0.05, 0.1) is 18.3 Å². The van der Waals surface area contributed by atoms with Crippen molar-refractivity contribution in [1.29, 1.82) is 0 Å². The van der Waals surface area contributed by atoms with Crippen molar-refractivity contribution >= 4 is 17.5 Å². The number of ether oxygens (including phenoxy) is 2. The van der Waals surface area contributed by atoms with E-state index in [-0.39, 0.29) is 5.91 Å². The first kappa shape index (κ1) is 24.3. The third-order valence-corrected chi connectivity index (χ3v) is 6.43. The Kier molecular flexibility index (Phi) is 8.57. The van der Waals surface area contributed by atoms with Crippen molar-refractivity contribution in [2.45, 2.75) is 32.0 Å². The Bertz CT molecular complexity index is 1080. The lowest BCUT2D eigenvalue weighted by Crippen LogP contribution is -2.38. The van der Waals surface area contributed by atoms with Crippen LogP contribution in [0.3, 0.4) is 0 Å². The summed E-state index contributed by atoms with van der Waals surface area (Å²) >= 11 is 6.22. The maximum Gasteiger partial charge on any atom is 0.254 e. The number of hydrogen-bond donors (Lipinski definition) is 1. The molecule has 0 unspecified atom stereocenters. The molecule has 1 aromatic heterocycles. The van der Waals surface area contributed by atoms with E-state index in [2.05, 4.69) is 22.4 Å². The number of carbonyl (C=O) groups is 1. The highest BCUT2D eigenvalue weighted by Gasteiger charge is 2.18. The molecule has 1 aliphatic heterocycles. The van der Waals surface area contributed by atoms with E-state index in [0.29, 0.717) is 36.3 Å². The van der Waals surface area contributed by atoms with Gasteiger partial charge in [0.2, 0.25) is 0 Å². The van der Waals surface area contributed by atoms with Gasteiger partial charge in [0, 0.05) is 43.6 Å². The summed E-state index contributed by atoms with van der Waals surface area (Å²) in [5, 5.41) is 7.93. The normalized spacial score (nSPS) is 14.3. The topological polar surface area (TPSA) is 68.6 Å². The number of likely N-dealkylation sites (N-methyl/N-ethyl adjacent to an activating group) is 1. The molecule has 1 amide bonds. The summed E-state index contributed by atoms with van der Waals surface area (Å²) in [5.41, 5.74) is 2.44. The average molecular weight is 483 g/mol. The lowest BCUT2D eigenvalue weighted by atomic mass is 10.1. The van der Waals surface area contributed by atoms with Crippen molar-refractivity contribution in [1.82, 2.24) is 20.0 Å². The molecule has 1 N–H and O–H groups in total. The first-order chi connectivity index (χ1) is 16.6. The van der Waals surface area contributed by atoms with Gasteiger partial charge in [-0.25, -0.2) is 0 Å². The number of hydrogen-bond acceptors (Lipinski definition) is 5. The molecule has 0 radical (unpaired) electrons. The van der Waals surface area contributed by atoms with E-state index in [1.807, 2.05) is 48.5 Å². The highest BCUT2D eigenvalue weighted by Crippen LogP contribution is 2.17. The number of carbonyl (C=O) groups excluding carboxylic acids is 1. The van der Waals surface area contributed by atoms with E-state index in [4.69, 9.17) is 21.1 Å². The number of halogens is 1. The third kappa shape index (κ3) is 6.82. The summed E-state index contributed by atoms with van der Waals surface area (Å²) in [6.07, 6.45) is 5.45. The molecule has 2 heterocycles. The number of nitrogens with one attached hydrogen (secondary N) is 1. The molecule has 2 aromatic carbocycles. The number of nitrogens with zero attached hydrogens (tertiary/aromatic N) is 3. The Balaban J connectivity index is 1.24. The van der Waals surface area contributed by atoms with Gasteiger partial charge in [-0.05, 0) is 49.2 Å². The second-order valence-corrected chi connectivity index (χ2v) is 8.93. The molecule has 0 spiro atoms. The van der Waals surface area contributed by atoms with Crippen LogP contribution in [0, 0.1) is 0 Å². The maximum atomic E-state index is 12.6. The second-order valence-electron chi connectivity index (χ2n) is 8.52. The molecular formula is C26H31ClN4O3. The van der Waals surface area contributed by atoms with Crippen LogP contribution >= 0.6 is 11.6 Å². The van der Waals surface area contributed by atoms with Crippen molar-refractivity contribution in [3.8, 4) is 5.75 Å². The first-order valence-electron chi connectivity index (χ1n) is 11.6. The van der Waals surface area contributed by atoms with Crippen molar-refractivity contribution in [3.63, 3.8) is 0 Å². The van der Waals surface area contributed by atoms with Crippen molar-refractivity contribution in [2.75, 3.05) is 33.4 Å². The Morgan fingerprint density at radius 2 is 2.06 bits per heavy atom. The third-order valence-electron chi connectivity index (χ3n) is 6.06. The van der Waals surface area contributed by atoms with Crippen LogP contribution in [0.5, 0.6) is 5.75 Å². The summed E-state index contributed by atoms with van der Waals surface area (Å²) < 4.78 is 13.1. The van der Waals surface area contributed by atoms with Gasteiger partial charge in [-0.15, -0.1) is 0 Å². The van der Waals surface area contributed by atoms with Crippen LogP contribution in [0.2, 0.25) is 5.02 Å². The predicted octanol–water partition coefficient (Wildman–Crippen LogP) is 4.00. The van der Waals surface area contributed by atoms with Crippen LogP contribution in [-0.4, -0.2) is 60.0 Å². The van der Waals surface area contributed by atoms with E-state index in [1.54, 1.807) is 17.1 Å². The van der Waals surface area contributed by atoms with E-state index >= 15 is 0 Å². The van der Waals surface area contributed by atoms with Crippen LogP contribution in [0.4, 0.5) is 0 Å². The lowest BCUT2D eigenvalue weighted by molar-refractivity contribution is 0.0392. The minimum absolute atomic E-state index is 0.171. The summed E-state index contributed by atoms with van der Waals surface area (Å²) in [5.74, 6) is 0.634. The molecule has 1 aliphatic rings. The smallest absolute Gasteiger partial charge is 0.254 e. The predicted molar refractivity (Wildman–Crippen MR) is 132 cm³/mol. The van der Waals surface area contributed by atoms with Crippen LogP contribution in [0.25, 0.3) is 0 Å². The molecule has 0 saturated carbocycles. The minimum Gasteiger partial charge on any atom is -0.492 e. The molecule has 8 heteroatoms. The summed E-state index contributed by atoms with van der Waals surface area (Å²) in [6, 6.07) is 16.0. The molecule has 180 valence electrons. The fourth-order valence-corrected chi connectivity index (χ4v) is 4.21. The monoisotopic (exact) mass is 482 g/mol. The molecule has 0 bridgehead atoms. The number of benzene rings is 2. The van der Waals surface area contributed by atoms with Gasteiger partial charge in [-0.1, -0.05) is 41.9 Å². The summed E-state index contributed by atoms with van der Waals surface area (Å²) in [7, 11) is 2.14. The molecule has 34 heavy (non-hydrogen) atoms. The SMILES string of the molecule is CN(CCOc1cccc(CNC(=O)c2cnn(Cc3ccccc3Cl)c2)c1)C1CCOCC1. The Morgan fingerprint density at radius 3 is 2.88 bits per heavy atom. The second kappa shape index (κ2) is 12.0. The Labute approximate surface area is 205 Å². The Morgan fingerprint density at radius 1 is 1.24 bits per heavy atom. The van der Waals surface area contributed by atoms with Gasteiger partial charge >= 0.3 is 0 Å². The van der Waals surface area contributed by atoms with Crippen LogP contribution in [0.1, 0.15) is 34.3 Å². The zero-order chi connectivity index (χ0) is 23.8. The molecule has 4 rings (SSSR count). The highest BCUT2D eigenvalue weighted by molar-refractivity contribution is 6.31. The minimum atomic E-state index is -0.171. The first-order valence-corrected chi connectivity index (χ1v) is 12.0. The zero-order valence-corrected chi connectivity index (χ0v) is 20.2. The van der Waals surface area contributed by atoms with Crippen molar-refractivity contribution in [2.24, 2.45) is 0 Å². The lowest BCUT2D eigenvalue weighted by Gasteiger charge is -2.31. The van der Waals surface area contributed by atoms with E-state index in [0.717, 1.165) is 49.5 Å². The molecule has 0 atom stereocenters. The summed E-state index contributed by atoms with van der Waals surface area (Å²) in [4.78, 5) is 14.9. The molecule has 1 fully saturated rings. The van der Waals surface area contributed by atoms with Crippen LogP contribution < -0.4 is 10.1 Å². The molecule has 1 saturated heterocycles. The van der Waals surface area contributed by atoms with E-state index < -0.39 is 0 Å². The van der Waals surface area contributed by atoms with Crippen LogP contribution in [-0.2, 0) is 17.8 Å². The molecule has 3 aromatic rings. The Hall–Kier alpha value is -2.87. The number of rotatable bonds is 10.